The summed E-state index contributed by atoms with van der Waals surface area (Å²) in [5, 5.41) is 3.28. The number of hydrogen-bond acceptors (Lipinski definition) is 3. The highest BCUT2D eigenvalue weighted by atomic mass is 16.2. The van der Waals surface area contributed by atoms with Crippen molar-refractivity contribution >= 4 is 11.6 Å². The highest BCUT2D eigenvalue weighted by Crippen LogP contribution is 2.11. The van der Waals surface area contributed by atoms with Gasteiger partial charge in [0.25, 0.3) is 5.91 Å². The lowest BCUT2D eigenvalue weighted by molar-refractivity contribution is 0.0772. The average molecular weight is 249 g/mol. The fourth-order valence-electron chi connectivity index (χ4n) is 1.67. The molecule has 0 spiro atoms. The minimum atomic E-state index is 0.0423. The van der Waals surface area contributed by atoms with Crippen LogP contribution >= 0.6 is 0 Å². The van der Waals surface area contributed by atoms with Crippen molar-refractivity contribution in [2.24, 2.45) is 5.92 Å². The Morgan fingerprint density at radius 1 is 1.33 bits per heavy atom. The molecule has 0 aliphatic heterocycles. The van der Waals surface area contributed by atoms with Gasteiger partial charge in [-0.15, -0.1) is 0 Å². The van der Waals surface area contributed by atoms with Crippen LogP contribution in [-0.4, -0.2) is 35.4 Å². The van der Waals surface area contributed by atoms with Crippen molar-refractivity contribution in [3.05, 3.63) is 24.0 Å². The third-order valence-electron chi connectivity index (χ3n) is 2.75. The zero-order chi connectivity index (χ0) is 13.5. The fourth-order valence-corrected chi connectivity index (χ4v) is 1.67. The number of pyridine rings is 1. The van der Waals surface area contributed by atoms with Crippen LogP contribution in [0.15, 0.2) is 18.5 Å². The van der Waals surface area contributed by atoms with Crippen LogP contribution in [0.2, 0.25) is 0 Å². The van der Waals surface area contributed by atoms with Crippen molar-refractivity contribution in [3.8, 4) is 0 Å². The molecule has 0 atom stereocenters. The van der Waals surface area contributed by atoms with Gasteiger partial charge in [-0.3, -0.25) is 9.78 Å². The molecule has 18 heavy (non-hydrogen) atoms. The van der Waals surface area contributed by atoms with Gasteiger partial charge in [-0.05, 0) is 25.8 Å². The molecule has 0 saturated heterocycles. The molecule has 100 valence electrons. The maximum Gasteiger partial charge on any atom is 0.255 e. The lowest BCUT2D eigenvalue weighted by Gasteiger charge is -2.18. The summed E-state index contributed by atoms with van der Waals surface area (Å²) in [4.78, 5) is 18.1. The number of carbonyl (C=O) groups is 1. The number of amides is 1. The molecule has 4 heteroatoms. The molecule has 0 saturated carbocycles. The van der Waals surface area contributed by atoms with Gasteiger partial charge in [0.1, 0.15) is 0 Å². The maximum absolute atomic E-state index is 12.2. The van der Waals surface area contributed by atoms with E-state index >= 15 is 0 Å². The van der Waals surface area contributed by atoms with Crippen LogP contribution in [0, 0.1) is 5.92 Å². The highest BCUT2D eigenvalue weighted by Gasteiger charge is 2.13. The first-order valence-electron chi connectivity index (χ1n) is 6.56. The van der Waals surface area contributed by atoms with E-state index < -0.39 is 0 Å². The van der Waals surface area contributed by atoms with Gasteiger partial charge >= 0.3 is 0 Å². The zero-order valence-corrected chi connectivity index (χ0v) is 11.7. The number of anilines is 1. The van der Waals surface area contributed by atoms with Crippen LogP contribution in [-0.2, 0) is 0 Å². The van der Waals surface area contributed by atoms with Crippen molar-refractivity contribution < 1.29 is 4.79 Å². The second-order valence-corrected chi connectivity index (χ2v) is 4.71. The van der Waals surface area contributed by atoms with Gasteiger partial charge in [-0.1, -0.05) is 13.8 Å². The summed E-state index contributed by atoms with van der Waals surface area (Å²) in [6.07, 6.45) is 3.38. The van der Waals surface area contributed by atoms with Crippen LogP contribution in [0.4, 0.5) is 5.69 Å². The molecule has 1 rings (SSSR count). The van der Waals surface area contributed by atoms with E-state index in [1.807, 2.05) is 19.9 Å². The smallest absolute Gasteiger partial charge is 0.255 e. The molecule has 0 aliphatic carbocycles. The van der Waals surface area contributed by atoms with E-state index in [-0.39, 0.29) is 5.91 Å². The summed E-state index contributed by atoms with van der Waals surface area (Å²) < 4.78 is 0. The molecule has 0 radical (unpaired) electrons. The van der Waals surface area contributed by atoms with Crippen LogP contribution in [0.5, 0.6) is 0 Å². The Labute approximate surface area is 109 Å². The normalized spacial score (nSPS) is 10.5. The second kappa shape index (κ2) is 6.99. The summed E-state index contributed by atoms with van der Waals surface area (Å²) in [6, 6.07) is 1.87. The Bertz CT molecular complexity index is 386. The largest absolute Gasteiger partial charge is 0.384 e. The number of nitrogens with zero attached hydrogens (tertiary/aromatic N) is 2. The lowest BCUT2D eigenvalue weighted by Crippen LogP contribution is -2.30. The molecule has 1 heterocycles. The predicted octanol–water partition coefficient (Wildman–Crippen LogP) is 2.63. The zero-order valence-electron chi connectivity index (χ0n) is 11.7. The number of aromatic nitrogens is 1. The second-order valence-electron chi connectivity index (χ2n) is 4.71. The Hall–Kier alpha value is -1.58. The molecule has 1 aromatic heterocycles. The summed E-state index contributed by atoms with van der Waals surface area (Å²) in [7, 11) is 0. The predicted molar refractivity (Wildman–Crippen MR) is 74.8 cm³/mol. The highest BCUT2D eigenvalue weighted by molar-refractivity contribution is 5.94. The molecular formula is C14H23N3O. The maximum atomic E-state index is 12.2. The Kier molecular flexibility index (Phi) is 5.62. The van der Waals surface area contributed by atoms with E-state index in [1.165, 1.54) is 0 Å². The van der Waals surface area contributed by atoms with Crippen molar-refractivity contribution in [3.63, 3.8) is 0 Å². The Morgan fingerprint density at radius 3 is 2.56 bits per heavy atom. The van der Waals surface area contributed by atoms with Gasteiger partial charge < -0.3 is 10.2 Å². The molecule has 1 amide bonds. The van der Waals surface area contributed by atoms with Gasteiger partial charge in [0.05, 0.1) is 11.3 Å². The van der Waals surface area contributed by atoms with Gasteiger partial charge in [0, 0.05) is 32.0 Å². The third-order valence-corrected chi connectivity index (χ3v) is 2.75. The van der Waals surface area contributed by atoms with Crippen molar-refractivity contribution in [2.45, 2.75) is 27.7 Å². The molecule has 0 aliphatic rings. The summed E-state index contributed by atoms with van der Waals surface area (Å²) in [5.74, 6) is 0.604. The van der Waals surface area contributed by atoms with E-state index in [2.05, 4.69) is 24.1 Å². The van der Waals surface area contributed by atoms with Gasteiger partial charge in [-0.25, -0.2) is 0 Å². The fraction of sp³-hybridized carbons (Fsp3) is 0.571. The minimum absolute atomic E-state index is 0.0423. The topological polar surface area (TPSA) is 45.2 Å². The lowest BCUT2D eigenvalue weighted by atomic mass is 10.2. The summed E-state index contributed by atoms with van der Waals surface area (Å²) in [6.45, 7) is 10.6. The van der Waals surface area contributed by atoms with Gasteiger partial charge in [-0.2, -0.15) is 0 Å². The van der Waals surface area contributed by atoms with E-state index in [9.17, 15) is 4.79 Å². The van der Waals surface area contributed by atoms with E-state index in [4.69, 9.17) is 0 Å². The van der Waals surface area contributed by atoms with Crippen LogP contribution in [0.3, 0.4) is 0 Å². The molecule has 0 aromatic carbocycles. The first-order chi connectivity index (χ1) is 8.58. The van der Waals surface area contributed by atoms with Crippen LogP contribution in [0.25, 0.3) is 0 Å². The number of nitrogens with one attached hydrogen (secondary N) is 1. The molecule has 0 unspecified atom stereocenters. The standard InChI is InChI=1S/C14H23N3O/c1-5-17(6-2)14(18)12-7-13(10-15-9-12)16-8-11(3)4/h7,9-11,16H,5-6,8H2,1-4H3. The molecule has 4 nitrogen and oxygen atoms in total. The Balaban J connectivity index is 2.78. The molecule has 0 bridgehead atoms. The first-order valence-corrected chi connectivity index (χ1v) is 6.56. The van der Waals surface area contributed by atoms with E-state index in [0.717, 1.165) is 25.3 Å². The first kappa shape index (κ1) is 14.5. The number of rotatable bonds is 6. The van der Waals surface area contributed by atoms with Crippen molar-refractivity contribution in [1.29, 1.82) is 0 Å². The molecular weight excluding hydrogens is 226 g/mol. The van der Waals surface area contributed by atoms with Crippen molar-refractivity contribution in [2.75, 3.05) is 25.0 Å². The average Bonchev–Trinajstić information content (AvgIpc) is 2.38. The minimum Gasteiger partial charge on any atom is -0.384 e. The van der Waals surface area contributed by atoms with Gasteiger partial charge in [0.15, 0.2) is 0 Å². The molecule has 0 fully saturated rings. The number of hydrogen-bond donors (Lipinski definition) is 1. The van der Waals surface area contributed by atoms with Gasteiger partial charge in [0.2, 0.25) is 0 Å². The van der Waals surface area contributed by atoms with E-state index in [1.54, 1.807) is 17.3 Å². The third kappa shape index (κ3) is 4.02. The quantitative estimate of drug-likeness (QED) is 0.843. The van der Waals surface area contributed by atoms with Crippen molar-refractivity contribution in [1.82, 2.24) is 9.88 Å². The molecule has 1 N–H and O–H groups in total. The molecule has 1 aromatic rings. The van der Waals surface area contributed by atoms with Crippen LogP contribution in [0.1, 0.15) is 38.1 Å². The Morgan fingerprint density at radius 2 is 2.00 bits per heavy atom. The van der Waals surface area contributed by atoms with E-state index in [0.29, 0.717) is 11.5 Å². The monoisotopic (exact) mass is 249 g/mol. The SMILES string of the molecule is CCN(CC)C(=O)c1cncc(NCC(C)C)c1. The number of carbonyl (C=O) groups excluding carboxylic acids is 1. The summed E-state index contributed by atoms with van der Waals surface area (Å²) in [5.41, 5.74) is 1.55. The van der Waals surface area contributed by atoms with Crippen LogP contribution < -0.4 is 5.32 Å². The summed E-state index contributed by atoms with van der Waals surface area (Å²) >= 11 is 0.